The standard InChI is InChI=1S/C20H34N2O2/c1-13-6-15-7-19(12-20(10-13,11-15)24-14(2)23)22-17-4-3-5-18(22)9-16(21)8-17/h13,15-19H,3-12,21H2,1-2H3/t13-,15+,16?,17-,18+,19?,20+/m0/s1. The van der Waals surface area contributed by atoms with E-state index >= 15 is 0 Å². The molecule has 2 aliphatic carbocycles. The van der Waals surface area contributed by atoms with Crippen molar-refractivity contribution < 1.29 is 9.53 Å². The monoisotopic (exact) mass is 334 g/mol. The van der Waals surface area contributed by atoms with Gasteiger partial charge in [-0.25, -0.2) is 0 Å². The summed E-state index contributed by atoms with van der Waals surface area (Å²) in [5.41, 5.74) is 6.13. The Balaban J connectivity index is 1.57. The topological polar surface area (TPSA) is 55.6 Å². The molecule has 0 amide bonds. The van der Waals surface area contributed by atoms with Gasteiger partial charge in [0.2, 0.25) is 0 Å². The number of hydrogen-bond acceptors (Lipinski definition) is 4. The predicted octanol–water partition coefficient (Wildman–Crippen LogP) is 3.23. The molecule has 0 aromatic heterocycles. The predicted molar refractivity (Wildman–Crippen MR) is 94.5 cm³/mol. The first-order valence-corrected chi connectivity index (χ1v) is 10.2. The van der Waals surface area contributed by atoms with Crippen LogP contribution in [0.25, 0.3) is 0 Å². The molecule has 2 heterocycles. The molecule has 2 saturated carbocycles. The van der Waals surface area contributed by atoms with Crippen LogP contribution in [0.3, 0.4) is 0 Å². The van der Waals surface area contributed by atoms with E-state index in [1.165, 1.54) is 32.1 Å². The minimum atomic E-state index is -0.190. The largest absolute Gasteiger partial charge is 0.459 e. The first kappa shape index (κ1) is 16.8. The maximum Gasteiger partial charge on any atom is 0.303 e. The van der Waals surface area contributed by atoms with E-state index in [4.69, 9.17) is 10.5 Å². The Morgan fingerprint density at radius 2 is 1.75 bits per heavy atom. The van der Waals surface area contributed by atoms with Crippen LogP contribution >= 0.6 is 0 Å². The van der Waals surface area contributed by atoms with Gasteiger partial charge in [0, 0.05) is 37.5 Å². The van der Waals surface area contributed by atoms with E-state index in [0.717, 1.165) is 38.0 Å². The van der Waals surface area contributed by atoms with Crippen molar-refractivity contribution in [3.8, 4) is 0 Å². The van der Waals surface area contributed by atoms with Gasteiger partial charge in [0.05, 0.1) is 0 Å². The van der Waals surface area contributed by atoms with Gasteiger partial charge in [-0.3, -0.25) is 9.69 Å². The highest BCUT2D eigenvalue weighted by atomic mass is 16.6. The zero-order chi connectivity index (χ0) is 16.9. The molecule has 2 aliphatic heterocycles. The Labute approximate surface area is 146 Å². The summed E-state index contributed by atoms with van der Waals surface area (Å²) in [6.45, 7) is 3.92. The third kappa shape index (κ3) is 3.12. The van der Waals surface area contributed by atoms with Crippen molar-refractivity contribution in [1.29, 1.82) is 0 Å². The lowest BCUT2D eigenvalue weighted by atomic mass is 9.63. The van der Waals surface area contributed by atoms with Crippen LogP contribution in [0.1, 0.15) is 78.1 Å². The van der Waals surface area contributed by atoms with E-state index in [0.29, 0.717) is 30.1 Å². The summed E-state index contributed by atoms with van der Waals surface area (Å²) < 4.78 is 5.99. The highest BCUT2D eigenvalue weighted by molar-refractivity contribution is 5.66. The molecule has 2 N–H and O–H groups in total. The van der Waals surface area contributed by atoms with E-state index in [2.05, 4.69) is 11.8 Å². The minimum absolute atomic E-state index is 0.0932. The van der Waals surface area contributed by atoms with Gasteiger partial charge in [-0.05, 0) is 63.2 Å². The van der Waals surface area contributed by atoms with Crippen LogP contribution in [0.15, 0.2) is 0 Å². The summed E-state index contributed by atoms with van der Waals surface area (Å²) >= 11 is 0. The van der Waals surface area contributed by atoms with Gasteiger partial charge in [0.15, 0.2) is 0 Å². The van der Waals surface area contributed by atoms with E-state index < -0.39 is 0 Å². The van der Waals surface area contributed by atoms with Crippen molar-refractivity contribution in [3.63, 3.8) is 0 Å². The summed E-state index contributed by atoms with van der Waals surface area (Å²) in [5, 5.41) is 0. The molecule has 2 unspecified atom stereocenters. The Morgan fingerprint density at radius 1 is 1.04 bits per heavy atom. The zero-order valence-electron chi connectivity index (χ0n) is 15.4. The molecule has 7 atom stereocenters. The molecule has 0 aromatic rings. The van der Waals surface area contributed by atoms with Gasteiger partial charge in [0.25, 0.3) is 0 Å². The molecular formula is C20H34N2O2. The molecule has 4 aliphatic rings. The van der Waals surface area contributed by atoms with Gasteiger partial charge in [0.1, 0.15) is 5.60 Å². The van der Waals surface area contributed by atoms with Crippen molar-refractivity contribution in [2.24, 2.45) is 17.6 Å². The van der Waals surface area contributed by atoms with Crippen LogP contribution in [0.2, 0.25) is 0 Å². The fraction of sp³-hybridized carbons (Fsp3) is 0.950. The van der Waals surface area contributed by atoms with Crippen molar-refractivity contribution in [1.82, 2.24) is 4.90 Å². The highest BCUT2D eigenvalue weighted by Crippen LogP contribution is 2.50. The summed E-state index contributed by atoms with van der Waals surface area (Å²) in [6, 6.07) is 2.33. The Kier molecular flexibility index (Phi) is 4.41. The average Bonchev–Trinajstić information content (AvgIpc) is 2.43. The van der Waals surface area contributed by atoms with Crippen LogP contribution in [0.4, 0.5) is 0 Å². The lowest BCUT2D eigenvalue weighted by Crippen LogP contribution is -2.62. The number of carbonyl (C=O) groups is 1. The number of nitrogens with two attached hydrogens (primary N) is 1. The molecule has 4 bridgehead atoms. The number of nitrogens with zero attached hydrogens (tertiary/aromatic N) is 1. The third-order valence-electron chi connectivity index (χ3n) is 7.18. The second kappa shape index (κ2) is 6.28. The highest BCUT2D eigenvalue weighted by Gasteiger charge is 2.51. The first-order valence-electron chi connectivity index (χ1n) is 10.2. The molecule has 4 nitrogen and oxygen atoms in total. The van der Waals surface area contributed by atoms with Gasteiger partial charge >= 0.3 is 5.97 Å². The van der Waals surface area contributed by atoms with Crippen molar-refractivity contribution in [3.05, 3.63) is 0 Å². The molecule has 136 valence electrons. The number of esters is 1. The second-order valence-electron chi connectivity index (χ2n) is 9.40. The van der Waals surface area contributed by atoms with E-state index in [1.807, 2.05) is 0 Å². The van der Waals surface area contributed by atoms with Gasteiger partial charge in [-0.1, -0.05) is 13.3 Å². The fourth-order valence-electron chi connectivity index (χ4n) is 6.94. The second-order valence-corrected chi connectivity index (χ2v) is 9.40. The van der Waals surface area contributed by atoms with Crippen LogP contribution in [0, 0.1) is 11.8 Å². The minimum Gasteiger partial charge on any atom is -0.459 e. The molecule has 4 fully saturated rings. The third-order valence-corrected chi connectivity index (χ3v) is 7.18. The number of carbonyl (C=O) groups excluding carboxylic acids is 1. The summed E-state index contributed by atoms with van der Waals surface area (Å²) in [7, 11) is 0. The van der Waals surface area contributed by atoms with Crippen LogP contribution in [-0.2, 0) is 9.53 Å². The number of piperidine rings is 2. The number of hydrogen-bond donors (Lipinski definition) is 1. The smallest absolute Gasteiger partial charge is 0.303 e. The fourth-order valence-corrected chi connectivity index (χ4v) is 6.94. The van der Waals surface area contributed by atoms with Crippen LogP contribution in [-0.4, -0.2) is 40.6 Å². The average molecular weight is 335 g/mol. The van der Waals surface area contributed by atoms with Crippen molar-refractivity contribution in [2.45, 2.75) is 108 Å². The molecule has 0 spiro atoms. The van der Waals surface area contributed by atoms with E-state index in [1.54, 1.807) is 6.92 Å². The lowest BCUT2D eigenvalue weighted by Gasteiger charge is -2.57. The number of ether oxygens (including phenoxy) is 1. The zero-order valence-corrected chi connectivity index (χ0v) is 15.4. The summed E-state index contributed by atoms with van der Waals surface area (Å²) in [5.74, 6) is 1.31. The quantitative estimate of drug-likeness (QED) is 0.788. The maximum atomic E-state index is 11.8. The van der Waals surface area contributed by atoms with Crippen molar-refractivity contribution in [2.75, 3.05) is 0 Å². The number of rotatable bonds is 2. The SMILES string of the molecule is CC(=O)O[C@]12CC(N3[C@@H]4CCC[C@H]3CC(N)C4)C[C@@H](C[C@H](C)C1)C2. The van der Waals surface area contributed by atoms with E-state index in [9.17, 15) is 4.79 Å². The Morgan fingerprint density at radius 3 is 2.42 bits per heavy atom. The normalized spacial score (nSPS) is 48.8. The summed E-state index contributed by atoms with van der Waals surface area (Å²) in [6.07, 6.45) is 12.1. The molecule has 2 saturated heterocycles. The van der Waals surface area contributed by atoms with Crippen LogP contribution in [0.5, 0.6) is 0 Å². The molecule has 24 heavy (non-hydrogen) atoms. The maximum absolute atomic E-state index is 11.8. The molecular weight excluding hydrogens is 300 g/mol. The first-order chi connectivity index (χ1) is 11.4. The molecule has 4 rings (SSSR count). The van der Waals surface area contributed by atoms with Gasteiger partial charge < -0.3 is 10.5 Å². The molecule has 4 heteroatoms. The Hall–Kier alpha value is -0.610. The van der Waals surface area contributed by atoms with Gasteiger partial charge in [-0.15, -0.1) is 0 Å². The van der Waals surface area contributed by atoms with Gasteiger partial charge in [-0.2, -0.15) is 0 Å². The van der Waals surface area contributed by atoms with Crippen molar-refractivity contribution >= 4 is 5.97 Å². The Bertz CT molecular complexity index is 478. The summed E-state index contributed by atoms with van der Waals surface area (Å²) in [4.78, 5) is 14.6. The number of fused-ring (bicyclic) bond motifs is 4. The molecule has 0 aromatic carbocycles. The van der Waals surface area contributed by atoms with Crippen LogP contribution < -0.4 is 5.73 Å². The van der Waals surface area contributed by atoms with E-state index in [-0.39, 0.29) is 11.6 Å². The lowest BCUT2D eigenvalue weighted by molar-refractivity contribution is -0.178. The molecule has 0 radical (unpaired) electrons.